The van der Waals surface area contributed by atoms with Gasteiger partial charge in [-0.2, -0.15) is 0 Å². The van der Waals surface area contributed by atoms with Gasteiger partial charge in [-0.3, -0.25) is 10.2 Å². The van der Waals surface area contributed by atoms with Gasteiger partial charge in [0.15, 0.2) is 5.78 Å². The van der Waals surface area contributed by atoms with E-state index in [0.717, 1.165) is 0 Å². The molecule has 1 aromatic rings. The van der Waals surface area contributed by atoms with Crippen molar-refractivity contribution >= 4 is 11.6 Å². The average molecular weight is 236 g/mol. The fourth-order valence-electron chi connectivity index (χ4n) is 1.69. The Labute approximate surface area is 101 Å². The number of rotatable bonds is 3. The smallest absolute Gasteiger partial charge is 0.159 e. The third-order valence-corrected chi connectivity index (χ3v) is 2.88. The quantitative estimate of drug-likeness (QED) is 0.626. The zero-order valence-electron chi connectivity index (χ0n) is 10.5. The Morgan fingerprint density at radius 1 is 1.41 bits per heavy atom. The van der Waals surface area contributed by atoms with Crippen LogP contribution in [0.4, 0.5) is 4.39 Å². The monoisotopic (exact) mass is 236 g/mol. The normalized spacial score (nSPS) is 13.9. The van der Waals surface area contributed by atoms with E-state index in [1.807, 2.05) is 0 Å². The number of hydrogen-bond donors (Lipinski definition) is 2. The van der Waals surface area contributed by atoms with Crippen molar-refractivity contribution < 1.29 is 9.18 Å². The van der Waals surface area contributed by atoms with Gasteiger partial charge in [0.25, 0.3) is 0 Å². The molecule has 0 fully saturated rings. The van der Waals surface area contributed by atoms with Crippen molar-refractivity contribution in [2.24, 2.45) is 0 Å². The van der Waals surface area contributed by atoms with Gasteiger partial charge in [0, 0.05) is 0 Å². The topological polar surface area (TPSA) is 53.0 Å². The van der Waals surface area contributed by atoms with Gasteiger partial charge < -0.3 is 5.32 Å². The Balaban J connectivity index is 3.27. The highest BCUT2D eigenvalue weighted by molar-refractivity contribution is 5.92. The maximum Gasteiger partial charge on any atom is 0.159 e. The highest BCUT2D eigenvalue weighted by Crippen LogP contribution is 2.24. The highest BCUT2D eigenvalue weighted by atomic mass is 19.1. The lowest BCUT2D eigenvalue weighted by Gasteiger charge is -2.29. The van der Waals surface area contributed by atoms with Crippen molar-refractivity contribution in [1.82, 2.24) is 5.32 Å². The molecular weight excluding hydrogens is 219 g/mol. The molecule has 0 heterocycles. The van der Waals surface area contributed by atoms with E-state index in [1.165, 1.54) is 13.0 Å². The molecule has 1 unspecified atom stereocenters. The second-order valence-corrected chi connectivity index (χ2v) is 4.40. The predicted molar refractivity (Wildman–Crippen MR) is 65.7 cm³/mol. The molecule has 0 aliphatic heterocycles. The molecule has 92 valence electrons. The molecule has 1 rings (SSSR count). The molecule has 0 amide bonds. The Hall–Kier alpha value is -1.71. The van der Waals surface area contributed by atoms with E-state index in [-0.39, 0.29) is 17.4 Å². The SMILES string of the molecule is CC(=N)NC(C)(C(C)=O)c1ccc(F)c(C)c1. The number of aryl methyl sites for hydroxylation is 1. The Bertz CT molecular complexity index is 470. The highest BCUT2D eigenvalue weighted by Gasteiger charge is 2.32. The Morgan fingerprint density at radius 2 is 2.00 bits per heavy atom. The minimum absolute atomic E-state index is 0.116. The lowest BCUT2D eigenvalue weighted by atomic mass is 9.87. The third kappa shape index (κ3) is 2.70. The van der Waals surface area contributed by atoms with Crippen molar-refractivity contribution in [3.05, 3.63) is 35.1 Å². The van der Waals surface area contributed by atoms with Crippen LogP contribution in [0, 0.1) is 18.2 Å². The zero-order chi connectivity index (χ0) is 13.2. The van der Waals surface area contributed by atoms with Crippen LogP contribution in [0.2, 0.25) is 0 Å². The van der Waals surface area contributed by atoms with Crippen molar-refractivity contribution in [3.8, 4) is 0 Å². The number of halogens is 1. The summed E-state index contributed by atoms with van der Waals surface area (Å²) < 4.78 is 13.2. The summed E-state index contributed by atoms with van der Waals surface area (Å²) in [7, 11) is 0. The van der Waals surface area contributed by atoms with Crippen LogP contribution in [0.25, 0.3) is 0 Å². The number of hydrogen-bond acceptors (Lipinski definition) is 2. The lowest BCUT2D eigenvalue weighted by Crippen LogP contribution is -2.47. The first-order valence-corrected chi connectivity index (χ1v) is 5.38. The van der Waals surface area contributed by atoms with Crippen LogP contribution in [-0.2, 0) is 10.3 Å². The summed E-state index contributed by atoms with van der Waals surface area (Å²) >= 11 is 0. The van der Waals surface area contributed by atoms with E-state index in [0.29, 0.717) is 11.1 Å². The number of carbonyl (C=O) groups is 1. The van der Waals surface area contributed by atoms with Crippen LogP contribution in [-0.4, -0.2) is 11.6 Å². The molecule has 4 heteroatoms. The van der Waals surface area contributed by atoms with Gasteiger partial charge in [-0.1, -0.05) is 12.1 Å². The van der Waals surface area contributed by atoms with Gasteiger partial charge in [-0.05, 0) is 44.9 Å². The van der Waals surface area contributed by atoms with Crippen molar-refractivity contribution in [2.75, 3.05) is 0 Å². The van der Waals surface area contributed by atoms with Crippen LogP contribution in [0.5, 0.6) is 0 Å². The van der Waals surface area contributed by atoms with Crippen LogP contribution < -0.4 is 5.32 Å². The van der Waals surface area contributed by atoms with Crippen LogP contribution >= 0.6 is 0 Å². The number of benzene rings is 1. The number of Topliss-reactive ketones (excluding diaryl/α,β-unsaturated/α-hetero) is 1. The van der Waals surface area contributed by atoms with E-state index >= 15 is 0 Å². The molecule has 1 aromatic carbocycles. The first-order valence-electron chi connectivity index (χ1n) is 5.38. The summed E-state index contributed by atoms with van der Waals surface area (Å²) in [5, 5.41) is 10.3. The van der Waals surface area contributed by atoms with Crippen LogP contribution in [0.1, 0.15) is 31.9 Å². The van der Waals surface area contributed by atoms with E-state index in [2.05, 4.69) is 5.32 Å². The molecule has 0 aliphatic rings. The molecule has 17 heavy (non-hydrogen) atoms. The molecule has 2 N–H and O–H groups in total. The minimum Gasteiger partial charge on any atom is -0.358 e. The van der Waals surface area contributed by atoms with Gasteiger partial charge in [-0.15, -0.1) is 0 Å². The third-order valence-electron chi connectivity index (χ3n) is 2.88. The fourth-order valence-corrected chi connectivity index (χ4v) is 1.69. The van der Waals surface area contributed by atoms with Gasteiger partial charge in [0.2, 0.25) is 0 Å². The molecular formula is C13H17FN2O. The first kappa shape index (κ1) is 13.4. The standard InChI is InChI=1S/C13H17FN2O/c1-8-7-11(5-6-12(8)14)13(4,9(2)17)16-10(3)15/h5-7H,1-4H3,(H2,15,16). The Morgan fingerprint density at radius 3 is 2.41 bits per heavy atom. The maximum atomic E-state index is 13.2. The molecule has 0 spiro atoms. The van der Waals surface area contributed by atoms with Crippen LogP contribution in [0.15, 0.2) is 18.2 Å². The minimum atomic E-state index is -0.982. The average Bonchev–Trinajstić information content (AvgIpc) is 2.20. The summed E-state index contributed by atoms with van der Waals surface area (Å²) in [6.45, 7) is 6.36. The van der Waals surface area contributed by atoms with E-state index in [1.54, 1.807) is 32.9 Å². The summed E-state index contributed by atoms with van der Waals surface area (Å²) in [5.41, 5.74) is 0.166. The fraction of sp³-hybridized carbons (Fsp3) is 0.385. The summed E-state index contributed by atoms with van der Waals surface area (Å²) in [6.07, 6.45) is 0. The maximum absolute atomic E-state index is 13.2. The molecule has 1 atom stereocenters. The second-order valence-electron chi connectivity index (χ2n) is 4.40. The Kier molecular flexibility index (Phi) is 3.66. The van der Waals surface area contributed by atoms with E-state index < -0.39 is 5.54 Å². The van der Waals surface area contributed by atoms with E-state index in [9.17, 15) is 9.18 Å². The van der Waals surface area contributed by atoms with Gasteiger partial charge in [-0.25, -0.2) is 4.39 Å². The van der Waals surface area contributed by atoms with Gasteiger partial charge in [0.05, 0.1) is 5.84 Å². The van der Waals surface area contributed by atoms with Crippen molar-refractivity contribution in [1.29, 1.82) is 5.41 Å². The van der Waals surface area contributed by atoms with Crippen LogP contribution in [0.3, 0.4) is 0 Å². The number of amidine groups is 1. The summed E-state index contributed by atoms with van der Waals surface area (Å²) in [6, 6.07) is 4.54. The van der Waals surface area contributed by atoms with Crippen molar-refractivity contribution in [2.45, 2.75) is 33.2 Å². The lowest BCUT2D eigenvalue weighted by molar-refractivity contribution is -0.122. The summed E-state index contributed by atoms with van der Waals surface area (Å²) in [4.78, 5) is 11.7. The second kappa shape index (κ2) is 4.65. The molecule has 0 saturated heterocycles. The first-order chi connectivity index (χ1) is 7.77. The number of carbonyl (C=O) groups excluding carboxylic acids is 1. The molecule has 3 nitrogen and oxygen atoms in total. The number of nitrogens with one attached hydrogen (secondary N) is 2. The van der Waals surface area contributed by atoms with Gasteiger partial charge >= 0.3 is 0 Å². The van der Waals surface area contributed by atoms with Crippen molar-refractivity contribution in [3.63, 3.8) is 0 Å². The molecule has 0 aromatic heterocycles. The molecule has 0 aliphatic carbocycles. The molecule has 0 bridgehead atoms. The van der Waals surface area contributed by atoms with E-state index in [4.69, 9.17) is 5.41 Å². The predicted octanol–water partition coefficient (Wildman–Crippen LogP) is 2.53. The molecule has 0 radical (unpaired) electrons. The van der Waals surface area contributed by atoms with Gasteiger partial charge in [0.1, 0.15) is 11.4 Å². The summed E-state index contributed by atoms with van der Waals surface area (Å²) in [5.74, 6) is -0.217. The number of ketones is 1. The molecule has 0 saturated carbocycles. The zero-order valence-corrected chi connectivity index (χ0v) is 10.5. The largest absolute Gasteiger partial charge is 0.358 e.